The molecule has 0 spiro atoms. The van der Waals surface area contributed by atoms with E-state index in [2.05, 4.69) is 19.2 Å². The second-order valence-corrected chi connectivity index (χ2v) is 6.00. The summed E-state index contributed by atoms with van der Waals surface area (Å²) in [5.41, 5.74) is 1.15. The van der Waals surface area contributed by atoms with Crippen molar-refractivity contribution in [2.45, 2.75) is 45.7 Å². The van der Waals surface area contributed by atoms with E-state index in [1.807, 2.05) is 12.1 Å². The largest absolute Gasteiger partial charge is 0.504 e. The lowest BCUT2D eigenvalue weighted by atomic mass is 9.80. The van der Waals surface area contributed by atoms with Crippen molar-refractivity contribution in [3.63, 3.8) is 0 Å². The first-order valence-electron chi connectivity index (χ1n) is 7.17. The zero-order valence-electron chi connectivity index (χ0n) is 12.1. The maximum absolute atomic E-state index is 9.58. The van der Waals surface area contributed by atoms with Gasteiger partial charge in [-0.25, -0.2) is 0 Å². The molecule has 106 valence electrons. The van der Waals surface area contributed by atoms with E-state index in [0.717, 1.165) is 23.9 Å². The molecule has 3 heteroatoms. The summed E-state index contributed by atoms with van der Waals surface area (Å²) >= 11 is 0. The van der Waals surface area contributed by atoms with Crippen molar-refractivity contribution in [2.24, 2.45) is 11.8 Å². The van der Waals surface area contributed by atoms with Crippen LogP contribution in [0.4, 0.5) is 0 Å². The van der Waals surface area contributed by atoms with Crippen LogP contribution in [0.3, 0.4) is 0 Å². The molecule has 0 aromatic heterocycles. The van der Waals surface area contributed by atoms with Gasteiger partial charge in [0.15, 0.2) is 11.5 Å². The summed E-state index contributed by atoms with van der Waals surface area (Å²) in [5.74, 6) is 2.38. The molecule has 3 nitrogen and oxygen atoms in total. The highest BCUT2D eigenvalue weighted by molar-refractivity contribution is 5.41. The van der Waals surface area contributed by atoms with Gasteiger partial charge in [-0.2, -0.15) is 0 Å². The Morgan fingerprint density at radius 3 is 2.53 bits per heavy atom. The minimum absolute atomic E-state index is 0.200. The number of nitrogens with one attached hydrogen (secondary N) is 1. The zero-order chi connectivity index (χ0) is 13.8. The topological polar surface area (TPSA) is 41.5 Å². The van der Waals surface area contributed by atoms with Crippen molar-refractivity contribution < 1.29 is 9.84 Å². The molecule has 0 saturated heterocycles. The van der Waals surface area contributed by atoms with Gasteiger partial charge in [0.05, 0.1) is 7.11 Å². The fraction of sp³-hybridized carbons (Fsp3) is 0.625. The number of methoxy groups -OCH3 is 1. The highest BCUT2D eigenvalue weighted by atomic mass is 16.5. The monoisotopic (exact) mass is 263 g/mol. The van der Waals surface area contributed by atoms with Crippen LogP contribution in [0.15, 0.2) is 18.2 Å². The standard InChI is InChI=1S/C16H25NO2/c1-11-6-12(2)8-14(7-11)17-10-13-4-5-15(18)16(9-13)19-3/h4-5,9,11-12,14,17-18H,6-8,10H2,1-3H3. The van der Waals surface area contributed by atoms with Gasteiger partial charge in [0, 0.05) is 12.6 Å². The van der Waals surface area contributed by atoms with Gasteiger partial charge in [-0.15, -0.1) is 0 Å². The van der Waals surface area contributed by atoms with Gasteiger partial charge in [-0.3, -0.25) is 0 Å². The molecule has 2 rings (SSSR count). The third-order valence-corrected chi connectivity index (χ3v) is 4.02. The molecule has 1 aromatic rings. The van der Waals surface area contributed by atoms with E-state index in [1.54, 1.807) is 13.2 Å². The van der Waals surface area contributed by atoms with Crippen LogP contribution in [-0.2, 0) is 6.54 Å². The van der Waals surface area contributed by atoms with Crippen LogP contribution in [0.2, 0.25) is 0 Å². The van der Waals surface area contributed by atoms with Crippen molar-refractivity contribution >= 4 is 0 Å². The smallest absolute Gasteiger partial charge is 0.160 e. The molecule has 0 heterocycles. The van der Waals surface area contributed by atoms with Gasteiger partial charge < -0.3 is 15.2 Å². The Bertz CT molecular complexity index is 409. The fourth-order valence-corrected chi connectivity index (χ4v) is 3.21. The lowest BCUT2D eigenvalue weighted by molar-refractivity contribution is 0.238. The van der Waals surface area contributed by atoms with E-state index in [9.17, 15) is 5.11 Å². The van der Waals surface area contributed by atoms with Crippen molar-refractivity contribution in [1.29, 1.82) is 0 Å². The lowest BCUT2D eigenvalue weighted by Gasteiger charge is -2.32. The van der Waals surface area contributed by atoms with Crippen LogP contribution in [-0.4, -0.2) is 18.3 Å². The minimum atomic E-state index is 0.200. The Labute approximate surface area is 116 Å². The van der Waals surface area contributed by atoms with Gasteiger partial charge >= 0.3 is 0 Å². The van der Waals surface area contributed by atoms with Gasteiger partial charge in [0.2, 0.25) is 0 Å². The predicted octanol–water partition coefficient (Wildman–Crippen LogP) is 3.32. The first-order valence-corrected chi connectivity index (χ1v) is 7.17. The number of hydrogen-bond acceptors (Lipinski definition) is 3. The Morgan fingerprint density at radius 1 is 1.21 bits per heavy atom. The second-order valence-electron chi connectivity index (χ2n) is 6.00. The van der Waals surface area contributed by atoms with Gasteiger partial charge in [0.1, 0.15) is 0 Å². The molecule has 0 aliphatic heterocycles. The number of aromatic hydroxyl groups is 1. The minimum Gasteiger partial charge on any atom is -0.504 e. The summed E-state index contributed by atoms with van der Waals surface area (Å²) < 4.78 is 5.13. The Balaban J connectivity index is 1.91. The van der Waals surface area contributed by atoms with Crippen LogP contribution >= 0.6 is 0 Å². The third kappa shape index (κ3) is 3.87. The first kappa shape index (κ1) is 14.2. The SMILES string of the molecule is COc1cc(CNC2CC(C)CC(C)C2)ccc1O. The molecule has 1 aliphatic rings. The molecule has 0 amide bonds. The van der Waals surface area contributed by atoms with Gasteiger partial charge in [-0.1, -0.05) is 19.9 Å². The van der Waals surface area contributed by atoms with Crippen LogP contribution in [0.1, 0.15) is 38.7 Å². The summed E-state index contributed by atoms with van der Waals surface area (Å²) in [6, 6.07) is 6.15. The Hall–Kier alpha value is -1.22. The number of rotatable bonds is 4. The molecule has 2 N–H and O–H groups in total. The van der Waals surface area contributed by atoms with Crippen LogP contribution < -0.4 is 10.1 Å². The van der Waals surface area contributed by atoms with E-state index in [4.69, 9.17) is 4.74 Å². The molecule has 2 unspecified atom stereocenters. The van der Waals surface area contributed by atoms with Crippen LogP contribution in [0.5, 0.6) is 11.5 Å². The van der Waals surface area contributed by atoms with E-state index < -0.39 is 0 Å². The third-order valence-electron chi connectivity index (χ3n) is 4.02. The van der Waals surface area contributed by atoms with Crippen LogP contribution in [0, 0.1) is 11.8 Å². The van der Waals surface area contributed by atoms with Crippen LogP contribution in [0.25, 0.3) is 0 Å². The zero-order valence-corrected chi connectivity index (χ0v) is 12.1. The van der Waals surface area contributed by atoms with E-state index >= 15 is 0 Å². The predicted molar refractivity (Wildman–Crippen MR) is 77.5 cm³/mol. The summed E-state index contributed by atoms with van der Waals surface area (Å²) in [6.45, 7) is 5.52. The number of phenols is 1. The van der Waals surface area contributed by atoms with Crippen molar-refractivity contribution in [1.82, 2.24) is 5.32 Å². The maximum atomic E-state index is 9.58. The van der Waals surface area contributed by atoms with Gasteiger partial charge in [-0.05, 0) is 48.8 Å². The average molecular weight is 263 g/mol. The molecule has 2 atom stereocenters. The molecular formula is C16H25NO2. The number of hydrogen-bond donors (Lipinski definition) is 2. The molecular weight excluding hydrogens is 238 g/mol. The maximum Gasteiger partial charge on any atom is 0.160 e. The second kappa shape index (κ2) is 6.29. The Morgan fingerprint density at radius 2 is 1.89 bits per heavy atom. The molecule has 1 fully saturated rings. The number of ether oxygens (including phenoxy) is 1. The Kier molecular flexibility index (Phi) is 4.70. The van der Waals surface area contributed by atoms with E-state index in [1.165, 1.54) is 19.3 Å². The first-order chi connectivity index (χ1) is 9.08. The highest BCUT2D eigenvalue weighted by Gasteiger charge is 2.23. The average Bonchev–Trinajstić information content (AvgIpc) is 2.36. The summed E-state index contributed by atoms with van der Waals surface area (Å²) in [5, 5.41) is 13.2. The van der Waals surface area contributed by atoms with E-state index in [-0.39, 0.29) is 5.75 Å². The quantitative estimate of drug-likeness (QED) is 0.875. The molecule has 19 heavy (non-hydrogen) atoms. The van der Waals surface area contributed by atoms with Crippen molar-refractivity contribution in [2.75, 3.05) is 7.11 Å². The molecule has 1 aliphatic carbocycles. The normalized spacial score (nSPS) is 27.2. The molecule has 0 radical (unpaired) electrons. The lowest BCUT2D eigenvalue weighted by Crippen LogP contribution is -2.35. The van der Waals surface area contributed by atoms with Gasteiger partial charge in [0.25, 0.3) is 0 Å². The summed E-state index contributed by atoms with van der Waals surface area (Å²) in [6.07, 6.45) is 3.88. The summed E-state index contributed by atoms with van der Waals surface area (Å²) in [7, 11) is 1.58. The summed E-state index contributed by atoms with van der Waals surface area (Å²) in [4.78, 5) is 0. The molecule has 1 saturated carbocycles. The van der Waals surface area contributed by atoms with Crippen molar-refractivity contribution in [3.05, 3.63) is 23.8 Å². The number of phenolic OH excluding ortho intramolecular Hbond substituents is 1. The molecule has 1 aromatic carbocycles. The highest BCUT2D eigenvalue weighted by Crippen LogP contribution is 2.29. The van der Waals surface area contributed by atoms with Crippen molar-refractivity contribution in [3.8, 4) is 11.5 Å². The fourth-order valence-electron chi connectivity index (χ4n) is 3.21. The number of benzene rings is 1. The molecule has 0 bridgehead atoms. The van der Waals surface area contributed by atoms with E-state index in [0.29, 0.717) is 11.8 Å².